The Morgan fingerprint density at radius 1 is 1.23 bits per heavy atom. The number of fused-ring (bicyclic) bond motifs is 1. The first-order valence-electron chi connectivity index (χ1n) is 9.30. The molecule has 2 fully saturated rings. The third kappa shape index (κ3) is 3.19. The lowest BCUT2D eigenvalue weighted by Crippen LogP contribution is -2.41. The molecule has 7 nitrogen and oxygen atoms in total. The number of ether oxygens (including phenoxy) is 1. The number of aromatic amines is 1. The minimum absolute atomic E-state index is 0.0182. The highest BCUT2D eigenvalue weighted by Gasteiger charge is 2.24. The number of H-pyrrole nitrogens is 1. The predicted molar refractivity (Wildman–Crippen MR) is 99.7 cm³/mol. The van der Waals surface area contributed by atoms with Crippen LogP contribution in [-0.2, 0) is 4.74 Å². The van der Waals surface area contributed by atoms with E-state index < -0.39 is 0 Å². The van der Waals surface area contributed by atoms with Crippen molar-refractivity contribution in [2.45, 2.75) is 38.6 Å². The number of carbonyl (C=O) groups excluding carboxylic acids is 1. The lowest BCUT2D eigenvalue weighted by atomic mass is 10.0. The number of benzene rings is 1. The van der Waals surface area contributed by atoms with E-state index >= 15 is 0 Å². The second-order valence-electron chi connectivity index (χ2n) is 7.11. The maximum absolute atomic E-state index is 13.2. The molecule has 1 aliphatic carbocycles. The van der Waals surface area contributed by atoms with Crippen LogP contribution in [0, 0.1) is 6.92 Å². The summed E-state index contributed by atoms with van der Waals surface area (Å²) < 4.78 is 5.36. The summed E-state index contributed by atoms with van der Waals surface area (Å²) in [6.07, 6.45) is 4.58. The Bertz CT molecular complexity index is 880. The fourth-order valence-corrected chi connectivity index (χ4v) is 3.87. The number of hydrogen-bond acceptors (Lipinski definition) is 5. The van der Waals surface area contributed by atoms with Gasteiger partial charge in [-0.3, -0.25) is 9.59 Å². The summed E-state index contributed by atoms with van der Waals surface area (Å²) in [4.78, 5) is 27.2. The van der Waals surface area contributed by atoms with Crippen molar-refractivity contribution in [2.24, 2.45) is 0 Å². The van der Waals surface area contributed by atoms with Gasteiger partial charge in [0.1, 0.15) is 0 Å². The van der Waals surface area contributed by atoms with Crippen molar-refractivity contribution in [1.29, 1.82) is 0 Å². The van der Waals surface area contributed by atoms with Gasteiger partial charge in [0.25, 0.3) is 11.5 Å². The fourth-order valence-electron chi connectivity index (χ4n) is 3.87. The van der Waals surface area contributed by atoms with E-state index in [-0.39, 0.29) is 11.5 Å². The van der Waals surface area contributed by atoms with Gasteiger partial charge in [-0.05, 0) is 31.9 Å². The summed E-state index contributed by atoms with van der Waals surface area (Å²) in [5.41, 5.74) is 1.84. The molecule has 0 unspecified atom stereocenters. The standard InChI is InChI=1S/C19H24N4O3/c1-12-14-10-16(19(25)23-6-8-26-9-7-23)17(20-13-4-2-3-5-13)11-15(14)18(24)22-21-12/h10-11,13,20H,2-9H2,1H3,(H,22,24). The van der Waals surface area contributed by atoms with Gasteiger partial charge in [-0.15, -0.1) is 0 Å². The molecule has 1 aliphatic heterocycles. The van der Waals surface area contributed by atoms with E-state index in [1.165, 1.54) is 12.8 Å². The van der Waals surface area contributed by atoms with Gasteiger partial charge in [0, 0.05) is 30.2 Å². The van der Waals surface area contributed by atoms with Gasteiger partial charge in [-0.1, -0.05) is 12.8 Å². The highest BCUT2D eigenvalue weighted by atomic mass is 16.5. The van der Waals surface area contributed by atoms with Crippen LogP contribution in [0.4, 0.5) is 5.69 Å². The lowest BCUT2D eigenvalue weighted by Gasteiger charge is -2.28. The fraction of sp³-hybridized carbons (Fsp3) is 0.526. The zero-order chi connectivity index (χ0) is 18.1. The van der Waals surface area contributed by atoms with E-state index in [9.17, 15) is 9.59 Å². The highest BCUT2D eigenvalue weighted by Crippen LogP contribution is 2.29. The van der Waals surface area contributed by atoms with Crippen molar-refractivity contribution in [2.75, 3.05) is 31.6 Å². The number of aryl methyl sites for hydroxylation is 1. The Labute approximate surface area is 151 Å². The molecule has 1 amide bonds. The summed E-state index contributed by atoms with van der Waals surface area (Å²) in [5.74, 6) is -0.0182. The van der Waals surface area contributed by atoms with E-state index in [0.29, 0.717) is 49.0 Å². The third-order valence-electron chi connectivity index (χ3n) is 5.36. The largest absolute Gasteiger partial charge is 0.382 e. The van der Waals surface area contributed by atoms with Crippen molar-refractivity contribution in [3.05, 3.63) is 33.7 Å². The van der Waals surface area contributed by atoms with Gasteiger partial charge in [0.2, 0.25) is 0 Å². The summed E-state index contributed by atoms with van der Waals surface area (Å²) in [7, 11) is 0. The van der Waals surface area contributed by atoms with E-state index in [1.807, 2.05) is 24.0 Å². The topological polar surface area (TPSA) is 87.3 Å². The van der Waals surface area contributed by atoms with Crippen LogP contribution in [0.1, 0.15) is 41.7 Å². The number of nitrogens with zero attached hydrogens (tertiary/aromatic N) is 2. The van der Waals surface area contributed by atoms with E-state index in [4.69, 9.17) is 4.74 Å². The zero-order valence-electron chi connectivity index (χ0n) is 15.0. The molecular weight excluding hydrogens is 332 g/mol. The molecule has 2 aromatic rings. The average Bonchev–Trinajstić information content (AvgIpc) is 3.18. The van der Waals surface area contributed by atoms with Crippen LogP contribution in [0.2, 0.25) is 0 Å². The summed E-state index contributed by atoms with van der Waals surface area (Å²) in [6.45, 7) is 4.14. The van der Waals surface area contributed by atoms with Crippen molar-refractivity contribution in [3.63, 3.8) is 0 Å². The Hall–Kier alpha value is -2.41. The molecule has 4 rings (SSSR count). The molecule has 1 aromatic carbocycles. The maximum Gasteiger partial charge on any atom is 0.272 e. The van der Waals surface area contributed by atoms with Gasteiger partial charge >= 0.3 is 0 Å². The predicted octanol–water partition coefficient (Wildman–Crippen LogP) is 2.06. The second kappa shape index (κ2) is 7.07. The maximum atomic E-state index is 13.2. The summed E-state index contributed by atoms with van der Waals surface area (Å²) in [6, 6.07) is 3.99. The normalized spacial score (nSPS) is 18.4. The van der Waals surface area contributed by atoms with Gasteiger partial charge in [0.15, 0.2) is 0 Å². The van der Waals surface area contributed by atoms with Crippen LogP contribution < -0.4 is 10.9 Å². The molecule has 0 atom stereocenters. The summed E-state index contributed by atoms with van der Waals surface area (Å²) in [5, 5.41) is 11.4. The van der Waals surface area contributed by atoms with Crippen LogP contribution in [0.5, 0.6) is 0 Å². The molecule has 1 saturated carbocycles. The Morgan fingerprint density at radius 3 is 2.69 bits per heavy atom. The smallest absolute Gasteiger partial charge is 0.272 e. The molecule has 2 heterocycles. The number of morpholine rings is 1. The number of rotatable bonds is 3. The first kappa shape index (κ1) is 17.0. The van der Waals surface area contributed by atoms with Gasteiger partial charge in [0.05, 0.1) is 29.9 Å². The van der Waals surface area contributed by atoms with Crippen LogP contribution in [-0.4, -0.2) is 53.3 Å². The van der Waals surface area contributed by atoms with Crippen molar-refractivity contribution >= 4 is 22.4 Å². The Morgan fingerprint density at radius 2 is 1.96 bits per heavy atom. The minimum Gasteiger partial charge on any atom is -0.382 e. The van der Waals surface area contributed by atoms with Crippen LogP contribution in [0.3, 0.4) is 0 Å². The first-order chi connectivity index (χ1) is 12.6. The molecule has 26 heavy (non-hydrogen) atoms. The first-order valence-corrected chi connectivity index (χ1v) is 9.30. The molecule has 138 valence electrons. The SMILES string of the molecule is Cc1n[nH]c(=O)c2cc(NC3CCCC3)c(C(=O)N3CCOCC3)cc12. The molecule has 2 aliphatic rings. The van der Waals surface area contributed by atoms with E-state index in [0.717, 1.165) is 23.9 Å². The van der Waals surface area contributed by atoms with E-state index in [2.05, 4.69) is 15.5 Å². The van der Waals surface area contributed by atoms with Crippen LogP contribution >= 0.6 is 0 Å². The molecule has 1 aromatic heterocycles. The monoisotopic (exact) mass is 356 g/mol. The van der Waals surface area contributed by atoms with Crippen molar-refractivity contribution in [3.8, 4) is 0 Å². The van der Waals surface area contributed by atoms with Crippen molar-refractivity contribution < 1.29 is 9.53 Å². The quantitative estimate of drug-likeness (QED) is 0.879. The molecule has 1 saturated heterocycles. The molecule has 0 radical (unpaired) electrons. The minimum atomic E-state index is -0.231. The Kier molecular flexibility index (Phi) is 4.63. The Balaban J connectivity index is 1.80. The van der Waals surface area contributed by atoms with Gasteiger partial charge < -0.3 is 15.0 Å². The number of hydrogen-bond donors (Lipinski definition) is 2. The van der Waals surface area contributed by atoms with Crippen LogP contribution in [0.15, 0.2) is 16.9 Å². The van der Waals surface area contributed by atoms with Gasteiger partial charge in [-0.25, -0.2) is 5.10 Å². The van der Waals surface area contributed by atoms with Crippen molar-refractivity contribution in [1.82, 2.24) is 15.1 Å². The third-order valence-corrected chi connectivity index (χ3v) is 5.36. The molecule has 0 bridgehead atoms. The van der Waals surface area contributed by atoms with E-state index in [1.54, 1.807) is 0 Å². The lowest BCUT2D eigenvalue weighted by molar-refractivity contribution is 0.0303. The second-order valence-corrected chi connectivity index (χ2v) is 7.11. The highest BCUT2D eigenvalue weighted by molar-refractivity contribution is 6.04. The number of carbonyl (C=O) groups is 1. The molecule has 0 spiro atoms. The number of aromatic nitrogens is 2. The molecule has 2 N–H and O–H groups in total. The average molecular weight is 356 g/mol. The molecule has 7 heteroatoms. The zero-order valence-corrected chi connectivity index (χ0v) is 15.0. The van der Waals surface area contributed by atoms with Gasteiger partial charge in [-0.2, -0.15) is 5.10 Å². The molecular formula is C19H24N4O3. The number of amides is 1. The van der Waals surface area contributed by atoms with Crippen LogP contribution in [0.25, 0.3) is 10.8 Å². The summed E-state index contributed by atoms with van der Waals surface area (Å²) >= 11 is 0. The number of nitrogens with one attached hydrogen (secondary N) is 2. The number of anilines is 1.